The van der Waals surface area contributed by atoms with Gasteiger partial charge in [0.1, 0.15) is 0 Å². The number of ether oxygens (including phenoxy) is 1. The van der Waals surface area contributed by atoms with Crippen molar-refractivity contribution in [3.05, 3.63) is 35.9 Å². The van der Waals surface area contributed by atoms with E-state index in [0.717, 1.165) is 19.1 Å². The number of rotatable bonds is 2. The molecule has 0 bridgehead atoms. The Morgan fingerprint density at radius 1 is 1.27 bits per heavy atom. The fourth-order valence-electron chi connectivity index (χ4n) is 2.58. The molecule has 2 nitrogen and oxygen atoms in total. The topological polar surface area (TPSA) is 12.5 Å². The van der Waals surface area contributed by atoms with Crippen LogP contribution in [0, 0.1) is 5.92 Å². The van der Waals surface area contributed by atoms with Gasteiger partial charge in [-0.25, -0.2) is 0 Å². The Kier molecular flexibility index (Phi) is 2.47. The molecule has 15 heavy (non-hydrogen) atoms. The third-order valence-corrected chi connectivity index (χ3v) is 3.52. The summed E-state index contributed by atoms with van der Waals surface area (Å²) in [6.45, 7) is 4.50. The Morgan fingerprint density at radius 2 is 2.13 bits per heavy atom. The highest BCUT2D eigenvalue weighted by atomic mass is 16.5. The van der Waals surface area contributed by atoms with Crippen molar-refractivity contribution in [1.82, 2.24) is 4.90 Å². The monoisotopic (exact) mass is 203 g/mol. The lowest BCUT2D eigenvalue weighted by Crippen LogP contribution is -2.52. The van der Waals surface area contributed by atoms with Gasteiger partial charge < -0.3 is 4.74 Å². The fraction of sp³-hybridized carbons (Fsp3) is 0.538. The first-order chi connectivity index (χ1) is 7.42. The largest absolute Gasteiger partial charge is 0.377 e. The molecule has 2 heterocycles. The second-order valence-corrected chi connectivity index (χ2v) is 4.64. The summed E-state index contributed by atoms with van der Waals surface area (Å²) in [5.41, 5.74) is 1.43. The van der Waals surface area contributed by atoms with Crippen molar-refractivity contribution < 1.29 is 4.74 Å². The van der Waals surface area contributed by atoms with Crippen molar-refractivity contribution in [1.29, 1.82) is 0 Å². The predicted octanol–water partition coefficient (Wildman–Crippen LogP) is 1.91. The molecule has 2 saturated heterocycles. The first kappa shape index (κ1) is 9.37. The molecule has 2 aliphatic rings. The third kappa shape index (κ3) is 1.92. The lowest BCUT2D eigenvalue weighted by atomic mass is 9.90. The van der Waals surface area contributed by atoms with E-state index in [2.05, 4.69) is 35.2 Å². The summed E-state index contributed by atoms with van der Waals surface area (Å²) in [6, 6.07) is 10.7. The predicted molar refractivity (Wildman–Crippen MR) is 59.6 cm³/mol. The Morgan fingerprint density at radius 3 is 2.80 bits per heavy atom. The van der Waals surface area contributed by atoms with E-state index in [1.807, 2.05) is 0 Å². The molecule has 3 rings (SSSR count). The van der Waals surface area contributed by atoms with Gasteiger partial charge in [0, 0.05) is 25.6 Å². The van der Waals surface area contributed by atoms with Crippen LogP contribution in [0.3, 0.4) is 0 Å². The summed E-state index contributed by atoms with van der Waals surface area (Å²) < 4.78 is 5.51. The SMILES string of the molecule is c1ccc(CN2CCC3OCC3C2)cc1. The Hall–Kier alpha value is -0.860. The van der Waals surface area contributed by atoms with Gasteiger partial charge in [0.05, 0.1) is 12.7 Å². The van der Waals surface area contributed by atoms with Crippen molar-refractivity contribution >= 4 is 0 Å². The molecule has 0 N–H and O–H groups in total. The van der Waals surface area contributed by atoms with Crippen LogP contribution < -0.4 is 0 Å². The summed E-state index contributed by atoms with van der Waals surface area (Å²) in [5, 5.41) is 0. The van der Waals surface area contributed by atoms with Crippen LogP contribution in [0.15, 0.2) is 30.3 Å². The highest BCUT2D eigenvalue weighted by molar-refractivity contribution is 5.14. The van der Waals surface area contributed by atoms with E-state index in [0.29, 0.717) is 6.10 Å². The summed E-state index contributed by atoms with van der Waals surface area (Å²) in [5.74, 6) is 0.808. The Bertz CT molecular complexity index is 325. The first-order valence-corrected chi connectivity index (χ1v) is 5.80. The molecular formula is C13H17NO. The second-order valence-electron chi connectivity index (χ2n) is 4.64. The minimum absolute atomic E-state index is 0.581. The molecule has 0 radical (unpaired) electrons. The van der Waals surface area contributed by atoms with E-state index in [-0.39, 0.29) is 0 Å². The zero-order valence-electron chi connectivity index (χ0n) is 8.93. The number of hydrogen-bond donors (Lipinski definition) is 0. The van der Waals surface area contributed by atoms with Gasteiger partial charge in [-0.15, -0.1) is 0 Å². The maximum atomic E-state index is 5.51. The number of likely N-dealkylation sites (tertiary alicyclic amines) is 1. The highest BCUT2D eigenvalue weighted by Crippen LogP contribution is 2.29. The zero-order chi connectivity index (χ0) is 10.1. The molecule has 2 unspecified atom stereocenters. The molecule has 1 aromatic carbocycles. The van der Waals surface area contributed by atoms with E-state index in [4.69, 9.17) is 4.74 Å². The minimum Gasteiger partial charge on any atom is -0.377 e. The molecule has 2 fully saturated rings. The van der Waals surface area contributed by atoms with Crippen LogP contribution >= 0.6 is 0 Å². The smallest absolute Gasteiger partial charge is 0.0649 e. The molecule has 2 heteroatoms. The van der Waals surface area contributed by atoms with Crippen molar-refractivity contribution in [3.63, 3.8) is 0 Å². The van der Waals surface area contributed by atoms with Gasteiger partial charge in [-0.1, -0.05) is 30.3 Å². The molecule has 2 atom stereocenters. The molecule has 0 saturated carbocycles. The van der Waals surface area contributed by atoms with Gasteiger partial charge >= 0.3 is 0 Å². The summed E-state index contributed by atoms with van der Waals surface area (Å²) in [4.78, 5) is 2.55. The van der Waals surface area contributed by atoms with Gasteiger partial charge in [0.25, 0.3) is 0 Å². The van der Waals surface area contributed by atoms with Crippen LogP contribution in [0.5, 0.6) is 0 Å². The number of fused-ring (bicyclic) bond motifs is 1. The molecule has 0 spiro atoms. The van der Waals surface area contributed by atoms with Gasteiger partial charge in [0.15, 0.2) is 0 Å². The second kappa shape index (κ2) is 3.95. The van der Waals surface area contributed by atoms with Crippen LogP contribution in [0.4, 0.5) is 0 Å². The quantitative estimate of drug-likeness (QED) is 0.728. The lowest BCUT2D eigenvalue weighted by molar-refractivity contribution is -0.149. The molecule has 0 amide bonds. The van der Waals surface area contributed by atoms with Gasteiger partial charge in [-0.3, -0.25) is 4.90 Å². The van der Waals surface area contributed by atoms with Gasteiger partial charge in [-0.2, -0.15) is 0 Å². The van der Waals surface area contributed by atoms with E-state index in [1.165, 1.54) is 25.1 Å². The van der Waals surface area contributed by atoms with Crippen LogP contribution in [0.1, 0.15) is 12.0 Å². The summed E-state index contributed by atoms with van der Waals surface area (Å²) in [6.07, 6.45) is 1.80. The fourth-order valence-corrected chi connectivity index (χ4v) is 2.58. The van der Waals surface area contributed by atoms with Gasteiger partial charge in [0.2, 0.25) is 0 Å². The van der Waals surface area contributed by atoms with Crippen LogP contribution in [0.25, 0.3) is 0 Å². The molecule has 80 valence electrons. The van der Waals surface area contributed by atoms with Gasteiger partial charge in [-0.05, 0) is 12.0 Å². The maximum absolute atomic E-state index is 5.51. The lowest BCUT2D eigenvalue weighted by Gasteiger charge is -2.45. The molecule has 0 aromatic heterocycles. The molecule has 2 aliphatic heterocycles. The average Bonchev–Trinajstić information content (AvgIpc) is 2.24. The van der Waals surface area contributed by atoms with Crippen molar-refractivity contribution in [2.75, 3.05) is 19.7 Å². The first-order valence-electron chi connectivity index (χ1n) is 5.80. The highest BCUT2D eigenvalue weighted by Gasteiger charge is 2.36. The van der Waals surface area contributed by atoms with E-state index >= 15 is 0 Å². The number of nitrogens with zero attached hydrogens (tertiary/aromatic N) is 1. The molecule has 0 aliphatic carbocycles. The Balaban J connectivity index is 1.60. The summed E-state index contributed by atoms with van der Waals surface area (Å²) >= 11 is 0. The third-order valence-electron chi connectivity index (χ3n) is 3.52. The van der Waals surface area contributed by atoms with Crippen molar-refractivity contribution in [3.8, 4) is 0 Å². The van der Waals surface area contributed by atoms with Crippen molar-refractivity contribution in [2.24, 2.45) is 5.92 Å². The summed E-state index contributed by atoms with van der Waals surface area (Å²) in [7, 11) is 0. The van der Waals surface area contributed by atoms with Crippen LogP contribution in [-0.2, 0) is 11.3 Å². The average molecular weight is 203 g/mol. The molecular weight excluding hydrogens is 186 g/mol. The van der Waals surface area contributed by atoms with E-state index in [9.17, 15) is 0 Å². The minimum atomic E-state index is 0.581. The number of piperidine rings is 1. The normalized spacial score (nSPS) is 30.7. The number of benzene rings is 1. The standard InChI is InChI=1S/C13H17NO/c1-2-4-11(5-3-1)8-14-7-6-13-12(9-14)10-15-13/h1-5,12-13H,6-10H2. The van der Waals surface area contributed by atoms with Crippen molar-refractivity contribution in [2.45, 2.75) is 19.1 Å². The molecule has 1 aromatic rings. The number of hydrogen-bond acceptors (Lipinski definition) is 2. The zero-order valence-corrected chi connectivity index (χ0v) is 8.93. The van der Waals surface area contributed by atoms with Crippen LogP contribution in [0.2, 0.25) is 0 Å². The Labute approximate surface area is 90.8 Å². The maximum Gasteiger partial charge on any atom is 0.0649 e. The van der Waals surface area contributed by atoms with E-state index < -0.39 is 0 Å². The van der Waals surface area contributed by atoms with Crippen LogP contribution in [-0.4, -0.2) is 30.7 Å². The van der Waals surface area contributed by atoms with E-state index in [1.54, 1.807) is 0 Å².